The molecule has 7 heteroatoms. The van der Waals surface area contributed by atoms with Gasteiger partial charge in [0.15, 0.2) is 0 Å². The third-order valence-corrected chi connectivity index (χ3v) is 5.78. The third kappa shape index (κ3) is 4.14. The lowest BCUT2D eigenvalue weighted by molar-refractivity contribution is -0.134. The van der Waals surface area contributed by atoms with Crippen LogP contribution < -0.4 is 15.4 Å². The van der Waals surface area contributed by atoms with Crippen molar-refractivity contribution in [2.75, 3.05) is 20.2 Å². The summed E-state index contributed by atoms with van der Waals surface area (Å²) < 4.78 is 5.25. The van der Waals surface area contributed by atoms with Gasteiger partial charge in [0.2, 0.25) is 5.91 Å². The van der Waals surface area contributed by atoms with E-state index in [1.54, 1.807) is 14.0 Å². The van der Waals surface area contributed by atoms with Crippen molar-refractivity contribution in [2.24, 2.45) is 0 Å². The molecule has 0 radical (unpaired) electrons. The van der Waals surface area contributed by atoms with Crippen LogP contribution in [0.3, 0.4) is 0 Å². The van der Waals surface area contributed by atoms with Gasteiger partial charge in [0.25, 0.3) is 5.91 Å². The van der Waals surface area contributed by atoms with Gasteiger partial charge in [-0.05, 0) is 53.4 Å². The fourth-order valence-corrected chi connectivity index (χ4v) is 3.89. The molecule has 4 amide bonds. The van der Waals surface area contributed by atoms with Gasteiger partial charge in [-0.1, -0.05) is 48.5 Å². The Morgan fingerprint density at radius 3 is 2.50 bits per heavy atom. The molecule has 2 N–H and O–H groups in total. The van der Waals surface area contributed by atoms with Gasteiger partial charge in [0, 0.05) is 6.54 Å². The Morgan fingerprint density at radius 1 is 1.03 bits per heavy atom. The molecule has 0 saturated carbocycles. The van der Waals surface area contributed by atoms with Crippen LogP contribution in [-0.2, 0) is 21.5 Å². The van der Waals surface area contributed by atoms with Gasteiger partial charge in [-0.15, -0.1) is 0 Å². The van der Waals surface area contributed by atoms with Crippen LogP contribution in [0.2, 0.25) is 0 Å². The van der Waals surface area contributed by atoms with Crippen LogP contribution in [-0.4, -0.2) is 42.9 Å². The number of methoxy groups -OCH3 is 1. The lowest BCUT2D eigenvalue weighted by atomic mass is 9.90. The van der Waals surface area contributed by atoms with Gasteiger partial charge >= 0.3 is 6.03 Å². The molecule has 1 unspecified atom stereocenters. The number of nitrogens with one attached hydrogen (secondary N) is 2. The van der Waals surface area contributed by atoms with E-state index in [-0.39, 0.29) is 12.5 Å². The summed E-state index contributed by atoms with van der Waals surface area (Å²) in [5.41, 5.74) is 0.514. The lowest BCUT2D eigenvalue weighted by Crippen LogP contribution is -2.43. The van der Waals surface area contributed by atoms with E-state index in [0.29, 0.717) is 18.5 Å². The van der Waals surface area contributed by atoms with Crippen molar-refractivity contribution < 1.29 is 19.1 Å². The Morgan fingerprint density at radius 2 is 1.75 bits per heavy atom. The Labute approximate surface area is 186 Å². The summed E-state index contributed by atoms with van der Waals surface area (Å²) in [6.45, 7) is 1.77. The number of hydrogen-bond acceptors (Lipinski definition) is 4. The Balaban J connectivity index is 1.44. The van der Waals surface area contributed by atoms with Gasteiger partial charge in [-0.2, -0.15) is 0 Å². The number of carbonyl (C=O) groups is 3. The molecule has 1 fully saturated rings. The number of nitrogens with zero attached hydrogens (tertiary/aromatic N) is 1. The minimum Gasteiger partial charge on any atom is -0.497 e. The third-order valence-electron chi connectivity index (χ3n) is 5.78. The molecular weight excluding hydrogens is 406 g/mol. The zero-order valence-electron chi connectivity index (χ0n) is 18.1. The first kappa shape index (κ1) is 21.4. The summed E-state index contributed by atoms with van der Waals surface area (Å²) in [7, 11) is 1.61. The van der Waals surface area contributed by atoms with E-state index in [2.05, 4.69) is 10.6 Å². The number of rotatable bonds is 7. The van der Waals surface area contributed by atoms with Crippen molar-refractivity contribution in [3.63, 3.8) is 0 Å². The quantitative estimate of drug-likeness (QED) is 0.563. The van der Waals surface area contributed by atoms with Crippen LogP contribution in [0, 0.1) is 0 Å². The first-order chi connectivity index (χ1) is 15.4. The van der Waals surface area contributed by atoms with Gasteiger partial charge in [-0.25, -0.2) is 4.79 Å². The Bertz CT molecular complexity index is 1180. The van der Waals surface area contributed by atoms with E-state index in [4.69, 9.17) is 4.74 Å². The number of urea groups is 1. The number of fused-ring (bicyclic) bond motifs is 1. The predicted molar refractivity (Wildman–Crippen MR) is 121 cm³/mol. The minimum absolute atomic E-state index is 0.320. The molecular formula is C25H25N3O4. The summed E-state index contributed by atoms with van der Waals surface area (Å²) in [4.78, 5) is 39.0. The fourth-order valence-electron chi connectivity index (χ4n) is 3.89. The molecule has 1 aliphatic rings. The molecule has 0 spiro atoms. The standard InChI is InChI=1S/C25H25N3O4/c1-25(20-10-8-19-15-21(32-2)11-9-18(19)14-20)23(30)28(24(31)27-25)16-22(29)26-13-12-17-6-4-3-5-7-17/h3-11,14-15H,12-13,16H2,1-2H3,(H,26,29)(H,27,31). The average molecular weight is 431 g/mol. The van der Waals surface area contributed by atoms with Crippen molar-refractivity contribution in [3.8, 4) is 5.75 Å². The Hall–Kier alpha value is -3.87. The molecule has 0 aromatic heterocycles. The highest BCUT2D eigenvalue weighted by Crippen LogP contribution is 2.31. The van der Waals surface area contributed by atoms with E-state index >= 15 is 0 Å². The van der Waals surface area contributed by atoms with E-state index in [1.807, 2.05) is 66.7 Å². The molecule has 0 aliphatic carbocycles. The molecule has 1 saturated heterocycles. The maximum atomic E-state index is 13.1. The molecule has 164 valence electrons. The van der Waals surface area contributed by atoms with Crippen molar-refractivity contribution in [1.29, 1.82) is 0 Å². The van der Waals surface area contributed by atoms with Crippen molar-refractivity contribution >= 4 is 28.6 Å². The fraction of sp³-hybridized carbons (Fsp3) is 0.240. The van der Waals surface area contributed by atoms with Crippen molar-refractivity contribution in [3.05, 3.63) is 77.9 Å². The van der Waals surface area contributed by atoms with Gasteiger partial charge < -0.3 is 15.4 Å². The van der Waals surface area contributed by atoms with Crippen LogP contribution in [0.4, 0.5) is 4.79 Å². The number of benzene rings is 3. The van der Waals surface area contributed by atoms with E-state index < -0.39 is 17.5 Å². The van der Waals surface area contributed by atoms with Gasteiger partial charge in [0.05, 0.1) is 7.11 Å². The Kier molecular flexibility index (Phi) is 5.81. The first-order valence-corrected chi connectivity index (χ1v) is 10.4. The van der Waals surface area contributed by atoms with Gasteiger partial charge in [-0.3, -0.25) is 14.5 Å². The summed E-state index contributed by atoms with van der Waals surface area (Å²) in [6.07, 6.45) is 0.673. The lowest BCUT2D eigenvalue weighted by Gasteiger charge is -2.22. The largest absolute Gasteiger partial charge is 0.497 e. The smallest absolute Gasteiger partial charge is 0.325 e. The van der Waals surface area contributed by atoms with Crippen LogP contribution in [0.1, 0.15) is 18.1 Å². The summed E-state index contributed by atoms with van der Waals surface area (Å²) in [5, 5.41) is 7.41. The molecule has 1 heterocycles. The van der Waals surface area contributed by atoms with Crippen LogP contribution in [0.15, 0.2) is 66.7 Å². The minimum atomic E-state index is -1.24. The summed E-state index contributed by atoms with van der Waals surface area (Å²) >= 11 is 0. The maximum absolute atomic E-state index is 13.1. The summed E-state index contributed by atoms with van der Waals surface area (Å²) in [6, 6.07) is 20.4. The first-order valence-electron chi connectivity index (χ1n) is 10.4. The topological polar surface area (TPSA) is 87.7 Å². The number of ether oxygens (including phenoxy) is 1. The van der Waals surface area contributed by atoms with Crippen LogP contribution in [0.5, 0.6) is 5.75 Å². The molecule has 1 aliphatic heterocycles. The number of imide groups is 1. The van der Waals surface area contributed by atoms with E-state index in [1.165, 1.54) is 0 Å². The highest BCUT2D eigenvalue weighted by atomic mass is 16.5. The van der Waals surface area contributed by atoms with Crippen molar-refractivity contribution in [2.45, 2.75) is 18.9 Å². The number of hydrogen-bond donors (Lipinski definition) is 2. The molecule has 3 aromatic carbocycles. The average Bonchev–Trinajstić information content (AvgIpc) is 3.02. The highest BCUT2D eigenvalue weighted by Gasteiger charge is 2.49. The second kappa shape index (κ2) is 8.70. The predicted octanol–water partition coefficient (Wildman–Crippen LogP) is 2.97. The monoisotopic (exact) mass is 431 g/mol. The van der Waals surface area contributed by atoms with E-state index in [0.717, 1.165) is 27.0 Å². The van der Waals surface area contributed by atoms with Crippen molar-refractivity contribution in [1.82, 2.24) is 15.5 Å². The van der Waals surface area contributed by atoms with Crippen LogP contribution in [0.25, 0.3) is 10.8 Å². The number of carbonyl (C=O) groups excluding carboxylic acids is 3. The summed E-state index contributed by atoms with van der Waals surface area (Å²) in [5.74, 6) is -0.0842. The molecule has 3 aromatic rings. The van der Waals surface area contributed by atoms with Crippen LogP contribution >= 0.6 is 0 Å². The highest BCUT2D eigenvalue weighted by molar-refractivity contribution is 6.09. The molecule has 0 bridgehead atoms. The number of amides is 4. The zero-order chi connectivity index (χ0) is 22.7. The molecule has 4 rings (SSSR count). The molecule has 32 heavy (non-hydrogen) atoms. The van der Waals surface area contributed by atoms with E-state index in [9.17, 15) is 14.4 Å². The second-order valence-corrected chi connectivity index (χ2v) is 7.96. The normalized spacial score (nSPS) is 18.0. The molecule has 7 nitrogen and oxygen atoms in total. The second-order valence-electron chi connectivity index (χ2n) is 7.96. The molecule has 1 atom stereocenters. The zero-order valence-corrected chi connectivity index (χ0v) is 18.1. The maximum Gasteiger partial charge on any atom is 0.325 e. The van der Waals surface area contributed by atoms with Gasteiger partial charge in [0.1, 0.15) is 17.8 Å². The SMILES string of the molecule is COc1ccc2cc(C3(C)NC(=O)N(CC(=O)NCCc4ccccc4)C3=O)ccc2c1.